The Morgan fingerprint density at radius 3 is 2.26 bits per heavy atom. The Morgan fingerprint density at radius 2 is 1.74 bits per heavy atom. The van der Waals surface area contributed by atoms with E-state index in [1.165, 1.54) is 23.4 Å². The first-order valence-corrected chi connectivity index (χ1v) is 13.7. The maximum absolute atomic E-state index is 13.3. The quantitative estimate of drug-likeness (QED) is 0.434. The van der Waals surface area contributed by atoms with Crippen molar-refractivity contribution in [2.24, 2.45) is 0 Å². The molecule has 0 bridgehead atoms. The number of rotatable bonds is 12. The number of amides is 2. The van der Waals surface area contributed by atoms with Gasteiger partial charge in [0.2, 0.25) is 21.8 Å². The van der Waals surface area contributed by atoms with E-state index in [0.29, 0.717) is 27.9 Å². The second-order valence-electron chi connectivity index (χ2n) is 7.95. The summed E-state index contributed by atoms with van der Waals surface area (Å²) in [6.07, 6.45) is 1.85. The van der Waals surface area contributed by atoms with Gasteiger partial charge in [-0.15, -0.1) is 0 Å². The molecule has 2 rings (SSSR count). The van der Waals surface area contributed by atoms with Crippen LogP contribution in [0.5, 0.6) is 5.75 Å². The maximum Gasteiger partial charge on any atom is 0.242 e. The van der Waals surface area contributed by atoms with Crippen LogP contribution in [0.1, 0.15) is 31.7 Å². The number of nitrogens with one attached hydrogen (secondary N) is 1. The highest BCUT2D eigenvalue weighted by Gasteiger charge is 2.28. The molecule has 11 heteroatoms. The summed E-state index contributed by atoms with van der Waals surface area (Å²) in [5.41, 5.74) is 1.20. The minimum atomic E-state index is -3.58. The molecule has 0 heterocycles. The molecule has 0 fully saturated rings. The van der Waals surface area contributed by atoms with Crippen molar-refractivity contribution in [3.05, 3.63) is 58.1 Å². The topological polar surface area (TPSA) is 96.0 Å². The van der Waals surface area contributed by atoms with Gasteiger partial charge in [0.15, 0.2) is 0 Å². The number of carbonyl (C=O) groups excluding carboxylic acids is 2. The summed E-state index contributed by atoms with van der Waals surface area (Å²) in [6, 6.07) is 11.0. The predicted octanol–water partition coefficient (Wildman–Crippen LogP) is 4.10. The van der Waals surface area contributed by atoms with Crippen LogP contribution in [0.25, 0.3) is 0 Å². The third-order valence-corrected chi connectivity index (χ3v) is 7.41. The second kappa shape index (κ2) is 13.0. The van der Waals surface area contributed by atoms with Crippen molar-refractivity contribution in [3.8, 4) is 5.75 Å². The van der Waals surface area contributed by atoms with Gasteiger partial charge in [0.05, 0.1) is 29.1 Å². The van der Waals surface area contributed by atoms with Crippen LogP contribution in [0.4, 0.5) is 5.69 Å². The number of nitrogens with zero attached hydrogens (tertiary/aromatic N) is 2. The van der Waals surface area contributed by atoms with Gasteiger partial charge in [-0.3, -0.25) is 13.9 Å². The van der Waals surface area contributed by atoms with Crippen LogP contribution < -0.4 is 14.4 Å². The van der Waals surface area contributed by atoms with Gasteiger partial charge in [-0.1, -0.05) is 36.2 Å². The fourth-order valence-corrected chi connectivity index (χ4v) is 4.96. The molecule has 1 atom stereocenters. The third-order valence-electron chi connectivity index (χ3n) is 5.48. The highest BCUT2D eigenvalue weighted by Crippen LogP contribution is 2.25. The van der Waals surface area contributed by atoms with Crippen molar-refractivity contribution in [3.63, 3.8) is 0 Å². The summed E-state index contributed by atoms with van der Waals surface area (Å²) in [6.45, 7) is 2.09. The predicted molar refractivity (Wildman–Crippen MR) is 140 cm³/mol. The number of hydrogen-bond acceptors (Lipinski definition) is 5. The largest absolute Gasteiger partial charge is 0.497 e. The third kappa shape index (κ3) is 8.02. The van der Waals surface area contributed by atoms with E-state index >= 15 is 0 Å². The lowest BCUT2D eigenvalue weighted by Gasteiger charge is -2.31. The number of sulfonamides is 1. The number of ether oxygens (including phenoxy) is 1. The Morgan fingerprint density at radius 1 is 1.09 bits per heavy atom. The molecular formula is C24H31Cl2N3O5S. The first kappa shape index (κ1) is 28.7. The summed E-state index contributed by atoms with van der Waals surface area (Å²) in [5.74, 6) is 0.0572. The molecule has 1 N–H and O–H groups in total. The highest BCUT2D eigenvalue weighted by molar-refractivity contribution is 7.92. The summed E-state index contributed by atoms with van der Waals surface area (Å²) in [5, 5.41) is 3.35. The molecule has 0 spiro atoms. The van der Waals surface area contributed by atoms with Crippen LogP contribution in [0, 0.1) is 0 Å². The number of likely N-dealkylation sites (N-methyl/N-ethyl adjacent to an activating group) is 1. The molecule has 1 unspecified atom stereocenters. The SMILES string of the molecule is CCC(C(=O)NC)N(Cc1ccc(Cl)c(Cl)c1)C(=O)CCCN(c1ccc(OC)cc1)S(C)(=O)=O. The minimum Gasteiger partial charge on any atom is -0.497 e. The molecular weight excluding hydrogens is 513 g/mol. The van der Waals surface area contributed by atoms with Crippen LogP contribution in [0.3, 0.4) is 0 Å². The summed E-state index contributed by atoms with van der Waals surface area (Å²) in [7, 11) is -0.527. The zero-order chi connectivity index (χ0) is 26.2. The van der Waals surface area contributed by atoms with E-state index in [1.807, 2.05) is 6.92 Å². The van der Waals surface area contributed by atoms with Crippen LogP contribution in [-0.2, 0) is 26.2 Å². The van der Waals surface area contributed by atoms with Gasteiger partial charge in [0.25, 0.3) is 0 Å². The van der Waals surface area contributed by atoms with Crippen LogP contribution in [0.2, 0.25) is 10.0 Å². The standard InChI is InChI=1S/C24H31Cl2N3O5S/c1-5-22(24(31)27-2)28(16-17-8-13-20(25)21(26)15-17)23(30)7-6-14-29(35(4,32)33)18-9-11-19(34-3)12-10-18/h8-13,15,22H,5-7,14,16H2,1-4H3,(H,27,31). The molecule has 192 valence electrons. The molecule has 0 aliphatic heterocycles. The van der Waals surface area contributed by atoms with Crippen molar-refractivity contribution < 1.29 is 22.7 Å². The summed E-state index contributed by atoms with van der Waals surface area (Å²) >= 11 is 12.1. The zero-order valence-corrected chi connectivity index (χ0v) is 22.6. The number of benzene rings is 2. The Balaban J connectivity index is 2.20. The number of anilines is 1. The van der Waals surface area contributed by atoms with E-state index in [-0.39, 0.29) is 37.7 Å². The summed E-state index contributed by atoms with van der Waals surface area (Å²) in [4.78, 5) is 27.3. The van der Waals surface area contributed by atoms with Crippen molar-refractivity contribution in [2.75, 3.05) is 31.3 Å². The van der Waals surface area contributed by atoms with Crippen molar-refractivity contribution >= 4 is 50.7 Å². The fraction of sp³-hybridized carbons (Fsp3) is 0.417. The smallest absolute Gasteiger partial charge is 0.242 e. The van der Waals surface area contributed by atoms with Crippen molar-refractivity contribution in [1.82, 2.24) is 10.2 Å². The van der Waals surface area contributed by atoms with E-state index in [2.05, 4.69) is 5.32 Å². The molecule has 0 aromatic heterocycles. The molecule has 35 heavy (non-hydrogen) atoms. The van der Waals surface area contributed by atoms with Crippen molar-refractivity contribution in [1.29, 1.82) is 0 Å². The van der Waals surface area contributed by atoms with E-state index in [0.717, 1.165) is 11.8 Å². The maximum atomic E-state index is 13.3. The van der Waals surface area contributed by atoms with Gasteiger partial charge in [-0.2, -0.15) is 0 Å². The van der Waals surface area contributed by atoms with Crippen molar-refractivity contribution in [2.45, 2.75) is 38.8 Å². The lowest BCUT2D eigenvalue weighted by atomic mass is 10.1. The molecule has 0 aliphatic carbocycles. The van der Waals surface area contributed by atoms with Gasteiger partial charge < -0.3 is 15.0 Å². The number of halogens is 2. The van der Waals surface area contributed by atoms with Gasteiger partial charge in [-0.05, 0) is 54.8 Å². The lowest BCUT2D eigenvalue weighted by Crippen LogP contribution is -2.48. The Hall–Kier alpha value is -2.49. The van der Waals surface area contributed by atoms with E-state index in [1.54, 1.807) is 42.5 Å². The molecule has 0 saturated carbocycles. The molecule has 0 radical (unpaired) electrons. The second-order valence-corrected chi connectivity index (χ2v) is 10.7. The normalized spacial score (nSPS) is 12.1. The first-order valence-electron chi connectivity index (χ1n) is 11.1. The average Bonchev–Trinajstić information content (AvgIpc) is 2.82. The number of carbonyl (C=O) groups is 2. The van der Waals surface area contributed by atoms with Gasteiger partial charge in [0, 0.05) is 26.6 Å². The van der Waals surface area contributed by atoms with Crippen LogP contribution >= 0.6 is 23.2 Å². The monoisotopic (exact) mass is 543 g/mol. The van der Waals surface area contributed by atoms with Crippen LogP contribution in [-0.4, -0.2) is 58.1 Å². The highest BCUT2D eigenvalue weighted by atomic mass is 35.5. The number of methoxy groups -OCH3 is 1. The van der Waals surface area contributed by atoms with Gasteiger partial charge >= 0.3 is 0 Å². The van der Waals surface area contributed by atoms with E-state index in [9.17, 15) is 18.0 Å². The fourth-order valence-electron chi connectivity index (χ4n) is 3.67. The average molecular weight is 545 g/mol. The molecule has 2 aromatic carbocycles. The zero-order valence-electron chi connectivity index (χ0n) is 20.3. The molecule has 2 amide bonds. The first-order chi connectivity index (χ1) is 16.5. The Labute approximate surface area is 217 Å². The lowest BCUT2D eigenvalue weighted by molar-refractivity contribution is -0.141. The minimum absolute atomic E-state index is 0.0526. The van der Waals surface area contributed by atoms with E-state index < -0.39 is 16.1 Å². The molecule has 0 aliphatic rings. The van der Waals surface area contributed by atoms with E-state index in [4.69, 9.17) is 27.9 Å². The molecule has 8 nitrogen and oxygen atoms in total. The molecule has 0 saturated heterocycles. The van der Waals surface area contributed by atoms with Crippen LogP contribution in [0.15, 0.2) is 42.5 Å². The number of hydrogen-bond donors (Lipinski definition) is 1. The summed E-state index contributed by atoms with van der Waals surface area (Å²) < 4.78 is 31.2. The van der Waals surface area contributed by atoms with Gasteiger partial charge in [-0.25, -0.2) is 8.42 Å². The Kier molecular flexibility index (Phi) is 10.7. The van der Waals surface area contributed by atoms with Gasteiger partial charge in [0.1, 0.15) is 11.8 Å². The molecule has 2 aromatic rings. The Bertz CT molecular complexity index is 1130.